The summed E-state index contributed by atoms with van der Waals surface area (Å²) in [6.07, 6.45) is 1.66. The van der Waals surface area contributed by atoms with Gasteiger partial charge in [-0.2, -0.15) is 0 Å². The lowest BCUT2D eigenvalue weighted by atomic mass is 9.83. The van der Waals surface area contributed by atoms with E-state index in [9.17, 15) is 8.78 Å². The van der Waals surface area contributed by atoms with Crippen LogP contribution in [0.25, 0.3) is 0 Å². The minimum absolute atomic E-state index is 0.0614. The molecule has 0 fully saturated rings. The summed E-state index contributed by atoms with van der Waals surface area (Å²) in [4.78, 5) is 0. The molecule has 30 heavy (non-hydrogen) atoms. The Kier molecular flexibility index (Phi) is 6.88. The predicted molar refractivity (Wildman–Crippen MR) is 116 cm³/mol. The van der Waals surface area contributed by atoms with Crippen LogP contribution in [0.3, 0.4) is 0 Å². The Hall–Kier alpha value is -3.14. The van der Waals surface area contributed by atoms with E-state index < -0.39 is 11.2 Å². The average molecular weight is 408 g/mol. The third-order valence-corrected chi connectivity index (χ3v) is 4.77. The largest absolute Gasteiger partial charge is 0.494 e. The molecular weight excluding hydrogens is 382 g/mol. The van der Waals surface area contributed by atoms with Crippen LogP contribution in [0, 0.1) is 5.82 Å². The number of para-hydroxylation sites is 1. The number of allylic oxidation sites excluding steroid dienone is 2. The van der Waals surface area contributed by atoms with E-state index in [1.165, 1.54) is 6.07 Å². The number of ether oxygens (including phenoxy) is 2. The van der Waals surface area contributed by atoms with Gasteiger partial charge in [0.05, 0.1) is 6.61 Å². The van der Waals surface area contributed by atoms with Gasteiger partial charge in [0, 0.05) is 11.8 Å². The molecule has 0 aliphatic heterocycles. The van der Waals surface area contributed by atoms with E-state index in [2.05, 4.69) is 0 Å². The Morgan fingerprint density at radius 2 is 1.63 bits per heavy atom. The van der Waals surface area contributed by atoms with Crippen molar-refractivity contribution in [3.63, 3.8) is 0 Å². The van der Waals surface area contributed by atoms with Crippen molar-refractivity contribution >= 4 is 0 Å². The Bertz CT molecular complexity index is 993. The van der Waals surface area contributed by atoms with Crippen LogP contribution in [0.15, 0.2) is 84.7 Å². The third kappa shape index (κ3) is 5.69. The van der Waals surface area contributed by atoms with Gasteiger partial charge in [0.25, 0.3) is 0 Å². The summed E-state index contributed by atoms with van der Waals surface area (Å²) in [6, 6.07) is 21.0. The molecule has 0 saturated carbocycles. The molecule has 3 aromatic carbocycles. The maximum Gasteiger partial charge on any atom is 0.165 e. The zero-order chi connectivity index (χ0) is 21.6. The molecule has 0 radical (unpaired) electrons. The molecule has 3 rings (SSSR count). The fourth-order valence-electron chi connectivity index (χ4n) is 3.22. The van der Waals surface area contributed by atoms with E-state index in [0.717, 1.165) is 11.3 Å². The van der Waals surface area contributed by atoms with Crippen molar-refractivity contribution in [2.24, 2.45) is 0 Å². The van der Waals surface area contributed by atoms with E-state index in [-0.39, 0.29) is 18.0 Å². The molecule has 3 aromatic rings. The Morgan fingerprint density at radius 3 is 2.30 bits per heavy atom. The topological polar surface area (TPSA) is 18.5 Å². The highest BCUT2D eigenvalue weighted by atomic mass is 19.1. The molecule has 0 aliphatic carbocycles. The number of halogens is 2. The van der Waals surface area contributed by atoms with E-state index in [1.54, 1.807) is 30.3 Å². The molecule has 0 unspecified atom stereocenters. The van der Waals surface area contributed by atoms with E-state index in [4.69, 9.17) is 9.47 Å². The summed E-state index contributed by atoms with van der Waals surface area (Å²) in [5, 5.41) is 0. The highest BCUT2D eigenvalue weighted by Gasteiger charge is 2.19. The predicted octanol–water partition coefficient (Wildman–Crippen LogP) is 7.39. The Morgan fingerprint density at radius 1 is 0.933 bits per heavy atom. The summed E-state index contributed by atoms with van der Waals surface area (Å²) in [6.45, 7) is 6.44. The summed E-state index contributed by atoms with van der Waals surface area (Å²) in [7, 11) is 0. The van der Waals surface area contributed by atoms with Gasteiger partial charge in [0.1, 0.15) is 17.3 Å². The average Bonchev–Trinajstić information content (AvgIpc) is 2.71. The van der Waals surface area contributed by atoms with Gasteiger partial charge in [-0.3, -0.25) is 0 Å². The van der Waals surface area contributed by atoms with Gasteiger partial charge < -0.3 is 9.47 Å². The first-order valence-corrected chi connectivity index (χ1v) is 9.99. The van der Waals surface area contributed by atoms with Crippen LogP contribution in [0.2, 0.25) is 0 Å². The Labute approximate surface area is 176 Å². The lowest BCUT2D eigenvalue weighted by Crippen LogP contribution is -2.14. The smallest absolute Gasteiger partial charge is 0.165 e. The first-order chi connectivity index (χ1) is 14.4. The zero-order valence-corrected chi connectivity index (χ0v) is 17.5. The number of benzene rings is 3. The highest BCUT2D eigenvalue weighted by molar-refractivity contribution is 5.38. The third-order valence-electron chi connectivity index (χ3n) is 4.77. The molecule has 0 spiro atoms. The zero-order valence-electron chi connectivity index (χ0n) is 17.5. The summed E-state index contributed by atoms with van der Waals surface area (Å²) < 4.78 is 40.0. The highest BCUT2D eigenvalue weighted by Crippen LogP contribution is 2.30. The molecule has 0 atom stereocenters. The Balaban J connectivity index is 1.74. The lowest BCUT2D eigenvalue weighted by molar-refractivity contribution is 0.340. The number of hydrogen-bond acceptors (Lipinski definition) is 2. The molecule has 4 heteroatoms. The van der Waals surface area contributed by atoms with Crippen LogP contribution in [0.1, 0.15) is 31.9 Å². The van der Waals surface area contributed by atoms with Gasteiger partial charge in [0.15, 0.2) is 11.6 Å². The second-order valence-corrected chi connectivity index (χ2v) is 7.63. The van der Waals surface area contributed by atoms with E-state index in [0.29, 0.717) is 17.9 Å². The van der Waals surface area contributed by atoms with Gasteiger partial charge in [-0.1, -0.05) is 50.2 Å². The standard InChI is InChI=1S/C26H26F2O2/c1-4-29-22-13-11-20(12-14-22)26(2,3)18-21(27)16-19-10-15-24(28)25(17-19)30-23-8-6-5-7-9-23/h5-15,17-18H,4,16H2,1-3H3. The SMILES string of the molecule is CCOc1ccc(C(C)(C)C=C(F)Cc2ccc(F)c(Oc3ccccc3)c2)cc1. The molecule has 0 amide bonds. The lowest BCUT2D eigenvalue weighted by Gasteiger charge is -2.22. The molecule has 0 aliphatic rings. The summed E-state index contributed by atoms with van der Waals surface area (Å²) in [5.41, 5.74) is 1.12. The van der Waals surface area contributed by atoms with Gasteiger partial charge in [-0.25, -0.2) is 8.78 Å². The summed E-state index contributed by atoms with van der Waals surface area (Å²) >= 11 is 0. The van der Waals surface area contributed by atoms with Gasteiger partial charge in [-0.05, 0) is 60.5 Å². The molecule has 156 valence electrons. The fourth-order valence-corrected chi connectivity index (χ4v) is 3.22. The number of rotatable bonds is 8. The van der Waals surface area contributed by atoms with Crippen LogP contribution < -0.4 is 9.47 Å². The van der Waals surface area contributed by atoms with Gasteiger partial charge >= 0.3 is 0 Å². The molecule has 0 N–H and O–H groups in total. The summed E-state index contributed by atoms with van der Waals surface area (Å²) in [5.74, 6) is 0.630. The molecule has 0 saturated heterocycles. The van der Waals surface area contributed by atoms with Crippen LogP contribution in [0.5, 0.6) is 17.2 Å². The van der Waals surface area contributed by atoms with Crippen LogP contribution in [0.4, 0.5) is 8.78 Å². The van der Waals surface area contributed by atoms with Crippen molar-refractivity contribution in [1.29, 1.82) is 0 Å². The second kappa shape index (κ2) is 9.57. The minimum Gasteiger partial charge on any atom is -0.494 e. The maximum atomic E-state index is 14.8. The molecule has 0 bridgehead atoms. The molecule has 2 nitrogen and oxygen atoms in total. The van der Waals surface area contributed by atoms with Crippen LogP contribution in [-0.2, 0) is 11.8 Å². The van der Waals surface area contributed by atoms with Crippen molar-refractivity contribution in [2.45, 2.75) is 32.6 Å². The molecule has 0 heterocycles. The fraction of sp³-hybridized carbons (Fsp3) is 0.231. The van der Waals surface area contributed by atoms with E-state index in [1.807, 2.05) is 63.2 Å². The molecular formula is C26H26F2O2. The van der Waals surface area contributed by atoms with Crippen molar-refractivity contribution < 1.29 is 18.3 Å². The van der Waals surface area contributed by atoms with Crippen molar-refractivity contribution in [1.82, 2.24) is 0 Å². The van der Waals surface area contributed by atoms with E-state index >= 15 is 0 Å². The van der Waals surface area contributed by atoms with Crippen molar-refractivity contribution in [2.75, 3.05) is 6.61 Å². The minimum atomic E-state index is -0.502. The van der Waals surface area contributed by atoms with Crippen molar-refractivity contribution in [3.8, 4) is 17.2 Å². The molecule has 0 aromatic heterocycles. The monoisotopic (exact) mass is 408 g/mol. The maximum absolute atomic E-state index is 14.8. The quantitative estimate of drug-likeness (QED) is 0.387. The van der Waals surface area contributed by atoms with Gasteiger partial charge in [0.2, 0.25) is 0 Å². The normalized spacial score (nSPS) is 12.0. The van der Waals surface area contributed by atoms with Gasteiger partial charge in [-0.15, -0.1) is 0 Å². The number of hydrogen-bond donors (Lipinski definition) is 0. The van der Waals surface area contributed by atoms with Crippen LogP contribution in [-0.4, -0.2) is 6.61 Å². The van der Waals surface area contributed by atoms with Crippen molar-refractivity contribution in [3.05, 3.63) is 102 Å². The van der Waals surface area contributed by atoms with Crippen LogP contribution >= 0.6 is 0 Å². The second-order valence-electron chi connectivity index (χ2n) is 7.63. The first kappa shape index (κ1) is 21.6. The first-order valence-electron chi connectivity index (χ1n) is 9.99.